The molecule has 0 radical (unpaired) electrons. The van der Waals surface area contributed by atoms with E-state index in [4.69, 9.17) is 21.6 Å². The first kappa shape index (κ1) is 16.9. The van der Waals surface area contributed by atoms with Gasteiger partial charge >= 0.3 is 0 Å². The third-order valence-corrected chi connectivity index (χ3v) is 3.64. The van der Waals surface area contributed by atoms with Gasteiger partial charge in [0.05, 0.1) is 17.2 Å². The fourth-order valence-electron chi connectivity index (χ4n) is 2.10. The number of benzene rings is 1. The molecule has 110 valence electrons. The minimum absolute atomic E-state index is 0.459. The van der Waals surface area contributed by atoms with E-state index in [1.807, 2.05) is 6.07 Å². The van der Waals surface area contributed by atoms with Gasteiger partial charge in [-0.3, -0.25) is 0 Å². The second-order valence-corrected chi connectivity index (χ2v) is 5.48. The smallest absolute Gasteiger partial charge is 0.120 e. The number of nitriles is 1. The lowest BCUT2D eigenvalue weighted by atomic mass is 10.1. The van der Waals surface area contributed by atoms with Gasteiger partial charge in [0.15, 0.2) is 0 Å². The van der Waals surface area contributed by atoms with Crippen molar-refractivity contribution in [3.8, 4) is 11.8 Å². The van der Waals surface area contributed by atoms with Crippen LogP contribution < -0.4 is 4.74 Å². The molecule has 20 heavy (non-hydrogen) atoms. The Kier molecular flexibility index (Phi) is 8.91. The van der Waals surface area contributed by atoms with Crippen LogP contribution in [0.1, 0.15) is 63.9 Å². The molecule has 0 spiro atoms. The average Bonchev–Trinajstić information content (AvgIpc) is 2.46. The van der Waals surface area contributed by atoms with Crippen LogP contribution in [-0.2, 0) is 0 Å². The van der Waals surface area contributed by atoms with Gasteiger partial charge in [-0.05, 0) is 18.6 Å². The van der Waals surface area contributed by atoms with Crippen LogP contribution in [0.3, 0.4) is 0 Å². The normalized spacial score (nSPS) is 10.2. The first-order valence-electron chi connectivity index (χ1n) is 7.60. The summed E-state index contributed by atoms with van der Waals surface area (Å²) in [4.78, 5) is 0. The van der Waals surface area contributed by atoms with E-state index in [-0.39, 0.29) is 0 Å². The quantitative estimate of drug-likeness (QED) is 0.516. The lowest BCUT2D eigenvalue weighted by Crippen LogP contribution is -1.97. The summed E-state index contributed by atoms with van der Waals surface area (Å²) in [6, 6.07) is 7.25. The number of hydrogen-bond donors (Lipinski definition) is 0. The number of halogens is 1. The molecular weight excluding hydrogens is 270 g/mol. The molecule has 0 saturated heterocycles. The van der Waals surface area contributed by atoms with Crippen molar-refractivity contribution >= 4 is 11.6 Å². The topological polar surface area (TPSA) is 33.0 Å². The SMILES string of the molecule is CCCCCCCCCCOc1ccc(C#N)c(Cl)c1. The lowest BCUT2D eigenvalue weighted by Gasteiger charge is -2.07. The molecule has 0 bridgehead atoms. The van der Waals surface area contributed by atoms with Gasteiger partial charge in [-0.2, -0.15) is 5.26 Å². The van der Waals surface area contributed by atoms with Gasteiger partial charge < -0.3 is 4.74 Å². The third kappa shape index (κ3) is 6.82. The molecule has 1 aromatic carbocycles. The molecule has 0 atom stereocenters. The Morgan fingerprint density at radius 3 is 2.30 bits per heavy atom. The molecule has 0 aliphatic carbocycles. The van der Waals surface area contributed by atoms with Crippen LogP contribution in [0.5, 0.6) is 5.75 Å². The fraction of sp³-hybridized carbons (Fsp3) is 0.588. The van der Waals surface area contributed by atoms with Crippen LogP contribution in [0.15, 0.2) is 18.2 Å². The average molecular weight is 294 g/mol. The molecule has 2 nitrogen and oxygen atoms in total. The molecule has 1 rings (SSSR count). The van der Waals surface area contributed by atoms with E-state index in [1.54, 1.807) is 18.2 Å². The summed E-state index contributed by atoms with van der Waals surface area (Å²) < 4.78 is 5.64. The molecule has 3 heteroatoms. The van der Waals surface area contributed by atoms with Crippen molar-refractivity contribution in [2.45, 2.75) is 58.3 Å². The summed E-state index contributed by atoms with van der Waals surface area (Å²) in [6.07, 6.45) is 10.3. The second-order valence-electron chi connectivity index (χ2n) is 5.08. The molecule has 0 aliphatic heterocycles. The van der Waals surface area contributed by atoms with Crippen molar-refractivity contribution < 1.29 is 4.74 Å². The number of hydrogen-bond acceptors (Lipinski definition) is 2. The van der Waals surface area contributed by atoms with Crippen LogP contribution in [0.4, 0.5) is 0 Å². The predicted octanol–water partition coefficient (Wildman–Crippen LogP) is 5.73. The molecule has 0 saturated carbocycles. The van der Waals surface area contributed by atoms with E-state index in [0.717, 1.165) is 18.8 Å². The molecule has 0 N–H and O–H groups in total. The molecular formula is C17H24ClNO. The largest absolute Gasteiger partial charge is 0.494 e. The maximum absolute atomic E-state index is 8.78. The van der Waals surface area contributed by atoms with Crippen molar-refractivity contribution in [2.75, 3.05) is 6.61 Å². The highest BCUT2D eigenvalue weighted by Gasteiger charge is 2.01. The van der Waals surface area contributed by atoms with Crippen molar-refractivity contribution in [1.29, 1.82) is 5.26 Å². The molecule has 0 heterocycles. The van der Waals surface area contributed by atoms with Gasteiger partial charge in [0.2, 0.25) is 0 Å². The fourth-order valence-corrected chi connectivity index (χ4v) is 2.32. The highest BCUT2D eigenvalue weighted by molar-refractivity contribution is 6.31. The van der Waals surface area contributed by atoms with Crippen LogP contribution in [0, 0.1) is 11.3 Å². The third-order valence-electron chi connectivity index (χ3n) is 3.33. The van der Waals surface area contributed by atoms with Crippen LogP contribution in [0.25, 0.3) is 0 Å². The van der Waals surface area contributed by atoms with E-state index < -0.39 is 0 Å². The maximum atomic E-state index is 8.78. The maximum Gasteiger partial charge on any atom is 0.120 e. The summed E-state index contributed by atoms with van der Waals surface area (Å²) in [7, 11) is 0. The number of nitrogens with zero attached hydrogens (tertiary/aromatic N) is 1. The summed E-state index contributed by atoms with van der Waals surface area (Å²) >= 11 is 5.95. The van der Waals surface area contributed by atoms with Crippen molar-refractivity contribution in [1.82, 2.24) is 0 Å². The first-order valence-corrected chi connectivity index (χ1v) is 7.98. The zero-order chi connectivity index (χ0) is 14.6. The number of ether oxygens (including phenoxy) is 1. The lowest BCUT2D eigenvalue weighted by molar-refractivity contribution is 0.304. The number of unbranched alkanes of at least 4 members (excludes halogenated alkanes) is 7. The molecule has 0 unspecified atom stereocenters. The zero-order valence-electron chi connectivity index (χ0n) is 12.3. The van der Waals surface area contributed by atoms with Gasteiger partial charge in [-0.1, -0.05) is 63.5 Å². The van der Waals surface area contributed by atoms with Gasteiger partial charge in [0.25, 0.3) is 0 Å². The Hall–Kier alpha value is -1.20. The van der Waals surface area contributed by atoms with Crippen molar-refractivity contribution in [3.05, 3.63) is 28.8 Å². The Morgan fingerprint density at radius 1 is 1.05 bits per heavy atom. The van der Waals surface area contributed by atoms with E-state index in [2.05, 4.69) is 6.92 Å². The summed E-state index contributed by atoms with van der Waals surface area (Å²) in [5.74, 6) is 0.747. The highest BCUT2D eigenvalue weighted by atomic mass is 35.5. The standard InChI is InChI=1S/C17H24ClNO/c1-2-3-4-5-6-7-8-9-12-20-16-11-10-15(14-19)17(18)13-16/h10-11,13H,2-9,12H2,1H3. The van der Waals surface area contributed by atoms with E-state index in [9.17, 15) is 0 Å². The van der Waals surface area contributed by atoms with E-state index >= 15 is 0 Å². The van der Waals surface area contributed by atoms with Crippen LogP contribution in [-0.4, -0.2) is 6.61 Å². The molecule has 0 amide bonds. The van der Waals surface area contributed by atoms with Gasteiger partial charge in [0.1, 0.15) is 11.8 Å². The Labute approximate surface area is 127 Å². The molecule has 1 aromatic rings. The van der Waals surface area contributed by atoms with Crippen molar-refractivity contribution in [2.24, 2.45) is 0 Å². The van der Waals surface area contributed by atoms with E-state index in [0.29, 0.717) is 10.6 Å². The molecule has 0 fully saturated rings. The Bertz CT molecular complexity index is 425. The minimum Gasteiger partial charge on any atom is -0.494 e. The van der Waals surface area contributed by atoms with Gasteiger partial charge in [-0.25, -0.2) is 0 Å². The molecule has 0 aromatic heterocycles. The molecule has 0 aliphatic rings. The zero-order valence-corrected chi connectivity index (χ0v) is 13.1. The Morgan fingerprint density at radius 2 is 1.70 bits per heavy atom. The van der Waals surface area contributed by atoms with Gasteiger partial charge in [-0.15, -0.1) is 0 Å². The van der Waals surface area contributed by atoms with Crippen molar-refractivity contribution in [3.63, 3.8) is 0 Å². The Balaban J connectivity index is 2.07. The highest BCUT2D eigenvalue weighted by Crippen LogP contribution is 2.22. The summed E-state index contributed by atoms with van der Waals surface area (Å²) in [5, 5.41) is 9.24. The van der Waals surface area contributed by atoms with Gasteiger partial charge in [0, 0.05) is 6.07 Å². The van der Waals surface area contributed by atoms with Crippen LogP contribution >= 0.6 is 11.6 Å². The van der Waals surface area contributed by atoms with Crippen LogP contribution in [0.2, 0.25) is 5.02 Å². The summed E-state index contributed by atoms with van der Waals surface area (Å²) in [5.41, 5.74) is 0.492. The van der Waals surface area contributed by atoms with E-state index in [1.165, 1.54) is 44.9 Å². The second kappa shape index (κ2) is 10.6. The monoisotopic (exact) mass is 293 g/mol. The first-order chi connectivity index (χ1) is 9.77. The minimum atomic E-state index is 0.459. The summed E-state index contributed by atoms with van der Waals surface area (Å²) in [6.45, 7) is 2.96. The number of rotatable bonds is 10. The predicted molar refractivity (Wildman–Crippen MR) is 84.3 cm³/mol.